The van der Waals surface area contributed by atoms with E-state index in [0.29, 0.717) is 22.9 Å². The summed E-state index contributed by atoms with van der Waals surface area (Å²) in [5.74, 6) is 0.758. The molecule has 1 atom stereocenters. The van der Waals surface area contributed by atoms with Gasteiger partial charge in [0.25, 0.3) is 0 Å². The summed E-state index contributed by atoms with van der Waals surface area (Å²) in [6, 6.07) is 11.9. The summed E-state index contributed by atoms with van der Waals surface area (Å²) < 4.78 is 36.4. The summed E-state index contributed by atoms with van der Waals surface area (Å²) >= 11 is 0. The lowest BCUT2D eigenvalue weighted by atomic mass is 10.1. The van der Waals surface area contributed by atoms with Crippen molar-refractivity contribution >= 4 is 27.3 Å². The number of sulfonamides is 1. The smallest absolute Gasteiger partial charge is 0.249 e. The Morgan fingerprint density at radius 2 is 1.68 bits per heavy atom. The van der Waals surface area contributed by atoms with E-state index in [4.69, 9.17) is 9.47 Å². The zero-order valence-corrected chi connectivity index (χ0v) is 17.2. The zero-order valence-electron chi connectivity index (χ0n) is 16.4. The molecule has 1 aliphatic heterocycles. The molecule has 3 rings (SSSR count). The maximum Gasteiger partial charge on any atom is 0.249 e. The van der Waals surface area contributed by atoms with Crippen LogP contribution in [0.3, 0.4) is 0 Å². The van der Waals surface area contributed by atoms with E-state index >= 15 is 0 Å². The molecule has 8 heteroatoms. The molecule has 0 aliphatic carbocycles. The molecule has 0 radical (unpaired) electrons. The van der Waals surface area contributed by atoms with Gasteiger partial charge in [0, 0.05) is 12.2 Å². The van der Waals surface area contributed by atoms with Gasteiger partial charge in [0.15, 0.2) is 4.75 Å². The van der Waals surface area contributed by atoms with E-state index in [1.54, 1.807) is 56.7 Å². The molecule has 1 aliphatic rings. The van der Waals surface area contributed by atoms with Gasteiger partial charge in [0.05, 0.1) is 19.9 Å². The van der Waals surface area contributed by atoms with Crippen molar-refractivity contribution < 1.29 is 22.7 Å². The van der Waals surface area contributed by atoms with Gasteiger partial charge in [-0.25, -0.2) is 8.42 Å². The predicted molar refractivity (Wildman–Crippen MR) is 109 cm³/mol. The highest BCUT2D eigenvalue weighted by molar-refractivity contribution is 7.95. The number of carbonyl (C=O) groups excluding carboxylic acids is 1. The van der Waals surface area contributed by atoms with Crippen molar-refractivity contribution in [2.24, 2.45) is 0 Å². The second-order valence-corrected chi connectivity index (χ2v) is 9.18. The summed E-state index contributed by atoms with van der Waals surface area (Å²) in [4.78, 5) is 13.0. The largest absolute Gasteiger partial charge is 0.497 e. The third kappa shape index (κ3) is 3.28. The lowest BCUT2D eigenvalue weighted by Gasteiger charge is -2.25. The summed E-state index contributed by atoms with van der Waals surface area (Å²) in [5.41, 5.74) is 1.86. The lowest BCUT2D eigenvalue weighted by molar-refractivity contribution is -0.118. The van der Waals surface area contributed by atoms with Crippen LogP contribution >= 0.6 is 0 Å². The second kappa shape index (κ2) is 7.35. The van der Waals surface area contributed by atoms with Crippen LogP contribution < -0.4 is 19.1 Å². The Kier molecular flexibility index (Phi) is 5.25. The summed E-state index contributed by atoms with van der Waals surface area (Å²) in [6.07, 6.45) is 0.197. The highest BCUT2D eigenvalue weighted by Crippen LogP contribution is 2.38. The predicted octanol–water partition coefficient (Wildman–Crippen LogP) is 2.95. The number of hydrogen-bond acceptors (Lipinski definition) is 5. The fourth-order valence-corrected chi connectivity index (χ4v) is 5.06. The minimum atomic E-state index is -3.89. The van der Waals surface area contributed by atoms with Gasteiger partial charge in [-0.2, -0.15) is 0 Å². The van der Waals surface area contributed by atoms with Crippen molar-refractivity contribution in [3.05, 3.63) is 48.0 Å². The van der Waals surface area contributed by atoms with E-state index in [0.717, 1.165) is 5.56 Å². The number of methoxy groups -OCH3 is 2. The minimum absolute atomic E-state index is 0.197. The molecule has 2 aromatic rings. The van der Waals surface area contributed by atoms with Crippen molar-refractivity contribution in [3.8, 4) is 11.5 Å². The molecule has 0 spiro atoms. The molecule has 2 aromatic carbocycles. The summed E-state index contributed by atoms with van der Waals surface area (Å²) in [6.45, 7) is 3.54. The third-order valence-electron chi connectivity index (χ3n) is 5.17. The molecule has 1 amide bonds. The van der Waals surface area contributed by atoms with Gasteiger partial charge in [0.1, 0.15) is 11.5 Å². The van der Waals surface area contributed by atoms with Gasteiger partial charge in [0.2, 0.25) is 15.9 Å². The monoisotopic (exact) mass is 404 g/mol. The number of hydrogen-bond donors (Lipinski definition) is 1. The van der Waals surface area contributed by atoms with Gasteiger partial charge in [-0.3, -0.25) is 9.10 Å². The van der Waals surface area contributed by atoms with Gasteiger partial charge in [-0.15, -0.1) is 0 Å². The number of amides is 1. The first-order valence-electron chi connectivity index (χ1n) is 8.85. The van der Waals surface area contributed by atoms with Gasteiger partial charge < -0.3 is 14.8 Å². The fraction of sp³-hybridized carbons (Fsp3) is 0.350. The molecule has 28 heavy (non-hydrogen) atoms. The van der Waals surface area contributed by atoms with Crippen LogP contribution in [0, 0.1) is 6.92 Å². The summed E-state index contributed by atoms with van der Waals surface area (Å²) in [5, 5.41) is 2.77. The molecule has 150 valence electrons. The molecule has 0 bridgehead atoms. The second-order valence-electron chi connectivity index (χ2n) is 6.89. The number of carbonyl (C=O) groups is 1. The Hall–Kier alpha value is -2.74. The zero-order chi connectivity index (χ0) is 20.5. The molecular weight excluding hydrogens is 380 g/mol. The Balaban J connectivity index is 1.86. The number of nitrogens with one attached hydrogen (secondary N) is 1. The number of nitrogens with zero attached hydrogens (tertiary/aromatic N) is 1. The normalized spacial score (nSPS) is 20.6. The molecule has 1 heterocycles. The number of benzene rings is 2. The standard InChI is InChI=1S/C20H24N2O5S/c1-14-13-17(27-4)9-10-18(14)21-19(23)20(2)11-12-22(28(20,24)25)15-5-7-16(26-3)8-6-15/h5-10,13H,11-12H2,1-4H3,(H,21,23)/t20-/m0/s1. The first kappa shape index (κ1) is 20.0. The van der Waals surface area contributed by atoms with Gasteiger partial charge in [-0.05, 0) is 68.3 Å². The molecule has 1 N–H and O–H groups in total. The maximum absolute atomic E-state index is 13.2. The summed E-state index contributed by atoms with van der Waals surface area (Å²) in [7, 11) is -0.781. The van der Waals surface area contributed by atoms with Crippen LogP contribution in [-0.2, 0) is 14.8 Å². The van der Waals surface area contributed by atoms with E-state index < -0.39 is 20.7 Å². The Bertz CT molecular complexity index is 988. The number of aryl methyl sites for hydroxylation is 1. The molecule has 7 nitrogen and oxygen atoms in total. The lowest BCUT2D eigenvalue weighted by Crippen LogP contribution is -2.47. The van der Waals surface area contributed by atoms with Crippen molar-refractivity contribution in [3.63, 3.8) is 0 Å². The van der Waals surface area contributed by atoms with E-state index in [9.17, 15) is 13.2 Å². The van der Waals surface area contributed by atoms with Crippen molar-refractivity contribution in [2.45, 2.75) is 25.0 Å². The van der Waals surface area contributed by atoms with Crippen molar-refractivity contribution in [1.82, 2.24) is 0 Å². The van der Waals surface area contributed by atoms with Crippen LogP contribution in [0.1, 0.15) is 18.9 Å². The first-order chi connectivity index (χ1) is 13.2. The van der Waals surface area contributed by atoms with Crippen LogP contribution in [0.2, 0.25) is 0 Å². The van der Waals surface area contributed by atoms with Crippen LogP contribution in [0.25, 0.3) is 0 Å². The average Bonchev–Trinajstić information content (AvgIpc) is 2.93. The SMILES string of the molecule is COc1ccc(N2CC[C@@](C)(C(=O)Nc3ccc(OC)cc3C)S2(=O)=O)cc1. The van der Waals surface area contributed by atoms with E-state index in [-0.39, 0.29) is 13.0 Å². The molecule has 0 aromatic heterocycles. The quantitative estimate of drug-likeness (QED) is 0.828. The average molecular weight is 404 g/mol. The molecule has 1 saturated heterocycles. The van der Waals surface area contributed by atoms with Gasteiger partial charge >= 0.3 is 0 Å². The van der Waals surface area contributed by atoms with Crippen LogP contribution in [0.15, 0.2) is 42.5 Å². The topological polar surface area (TPSA) is 84.9 Å². The molecule has 0 unspecified atom stereocenters. The van der Waals surface area contributed by atoms with E-state index in [2.05, 4.69) is 5.32 Å². The number of rotatable bonds is 5. The first-order valence-corrected chi connectivity index (χ1v) is 10.3. The molecule has 0 saturated carbocycles. The third-order valence-corrected chi connectivity index (χ3v) is 7.68. The number of ether oxygens (including phenoxy) is 2. The molecular formula is C20H24N2O5S. The van der Waals surface area contributed by atoms with E-state index in [1.807, 2.05) is 6.92 Å². The minimum Gasteiger partial charge on any atom is -0.497 e. The van der Waals surface area contributed by atoms with E-state index in [1.165, 1.54) is 11.2 Å². The highest BCUT2D eigenvalue weighted by atomic mass is 32.2. The highest BCUT2D eigenvalue weighted by Gasteiger charge is 2.54. The Labute approximate surface area is 165 Å². The maximum atomic E-state index is 13.2. The van der Waals surface area contributed by atoms with Crippen LogP contribution in [0.5, 0.6) is 11.5 Å². The van der Waals surface area contributed by atoms with Crippen molar-refractivity contribution in [1.29, 1.82) is 0 Å². The molecule has 1 fully saturated rings. The van der Waals surface area contributed by atoms with Crippen LogP contribution in [-0.4, -0.2) is 39.8 Å². The fourth-order valence-electron chi connectivity index (χ4n) is 3.21. The Morgan fingerprint density at radius 1 is 1.07 bits per heavy atom. The van der Waals surface area contributed by atoms with Crippen LogP contribution in [0.4, 0.5) is 11.4 Å². The van der Waals surface area contributed by atoms with Gasteiger partial charge in [-0.1, -0.05) is 0 Å². The number of anilines is 2. The van der Waals surface area contributed by atoms with Crippen molar-refractivity contribution in [2.75, 3.05) is 30.4 Å². The Morgan fingerprint density at radius 3 is 2.25 bits per heavy atom.